The van der Waals surface area contributed by atoms with Crippen LogP contribution in [0.3, 0.4) is 0 Å². The van der Waals surface area contributed by atoms with E-state index in [1.807, 2.05) is 0 Å². The zero-order chi connectivity index (χ0) is 10.2. The monoisotopic (exact) mass is 185 g/mol. The average molecular weight is 185 g/mol. The molecule has 13 heavy (non-hydrogen) atoms. The maximum absolute atomic E-state index is 11.2. The molecule has 1 amide bonds. The second kappa shape index (κ2) is 3.16. The third-order valence-electron chi connectivity index (χ3n) is 2.25. The van der Waals surface area contributed by atoms with Crippen molar-refractivity contribution in [2.24, 2.45) is 0 Å². The zero-order valence-electron chi connectivity index (χ0n) is 7.48. The van der Waals surface area contributed by atoms with Crippen molar-refractivity contribution in [2.45, 2.75) is 32.4 Å². The van der Waals surface area contributed by atoms with Crippen LogP contribution in [-0.4, -0.2) is 39.7 Å². The fourth-order valence-corrected chi connectivity index (χ4v) is 1.63. The van der Waals surface area contributed by atoms with E-state index in [1.165, 1.54) is 4.90 Å². The molecule has 1 saturated heterocycles. The Bertz CT molecular complexity index is 265. The molecule has 1 N–H and O–H groups in total. The first kappa shape index (κ1) is 9.70. The summed E-state index contributed by atoms with van der Waals surface area (Å²) in [6, 6.07) is -0.0448. The van der Waals surface area contributed by atoms with Gasteiger partial charge >= 0.3 is 17.7 Å². The normalized spacial score (nSPS) is 26.5. The van der Waals surface area contributed by atoms with Crippen LogP contribution in [0.1, 0.15) is 20.3 Å². The molecular formula is C8H11NO4. The van der Waals surface area contributed by atoms with Crippen molar-refractivity contribution in [1.29, 1.82) is 0 Å². The van der Waals surface area contributed by atoms with E-state index in [0.29, 0.717) is 0 Å². The number of Topliss-reactive ketones (excluding diaryl/α,β-unsaturated/α-hetero) is 1. The van der Waals surface area contributed by atoms with Crippen LogP contribution in [0.4, 0.5) is 0 Å². The van der Waals surface area contributed by atoms with Gasteiger partial charge in [0.15, 0.2) is 0 Å². The maximum atomic E-state index is 11.2. The van der Waals surface area contributed by atoms with Crippen LogP contribution in [0.5, 0.6) is 0 Å². The van der Waals surface area contributed by atoms with Gasteiger partial charge in [-0.05, 0) is 20.3 Å². The van der Waals surface area contributed by atoms with Gasteiger partial charge in [-0.3, -0.25) is 9.59 Å². The highest BCUT2D eigenvalue weighted by atomic mass is 16.4. The predicted octanol–water partition coefficient (Wildman–Crippen LogP) is -0.351. The molecule has 1 aliphatic heterocycles. The maximum Gasteiger partial charge on any atom is 0.382 e. The number of amides is 1. The van der Waals surface area contributed by atoms with Crippen LogP contribution in [-0.2, 0) is 14.4 Å². The highest BCUT2D eigenvalue weighted by Gasteiger charge is 2.40. The molecule has 1 aliphatic rings. The molecule has 2 atom stereocenters. The molecule has 0 bridgehead atoms. The van der Waals surface area contributed by atoms with Gasteiger partial charge in [0.25, 0.3) is 0 Å². The number of carbonyl (C=O) groups is 3. The van der Waals surface area contributed by atoms with E-state index in [2.05, 4.69) is 0 Å². The number of likely N-dealkylation sites (tertiary alicyclic amines) is 1. The first-order valence-electron chi connectivity index (χ1n) is 4.05. The van der Waals surface area contributed by atoms with Gasteiger partial charge in [0.1, 0.15) is 0 Å². The van der Waals surface area contributed by atoms with Crippen molar-refractivity contribution >= 4 is 17.7 Å². The molecule has 5 heteroatoms. The Morgan fingerprint density at radius 3 is 2.00 bits per heavy atom. The number of aliphatic carboxylic acids is 1. The highest BCUT2D eigenvalue weighted by molar-refractivity contribution is 6.61. The summed E-state index contributed by atoms with van der Waals surface area (Å²) < 4.78 is 0. The lowest BCUT2D eigenvalue weighted by molar-refractivity contribution is -0.161. The molecule has 0 saturated carbocycles. The Hall–Kier alpha value is -1.39. The average Bonchev–Trinajstić information content (AvgIpc) is 2.02. The molecule has 0 aromatic carbocycles. The van der Waals surface area contributed by atoms with E-state index in [9.17, 15) is 14.4 Å². The van der Waals surface area contributed by atoms with Crippen LogP contribution >= 0.6 is 0 Å². The molecule has 1 heterocycles. The molecule has 0 radical (unpaired) electrons. The van der Waals surface area contributed by atoms with Crippen molar-refractivity contribution in [3.8, 4) is 0 Å². The topological polar surface area (TPSA) is 74.7 Å². The Labute approximate surface area is 75.3 Å². The minimum Gasteiger partial charge on any atom is -0.475 e. The number of hydrogen-bond donors (Lipinski definition) is 1. The van der Waals surface area contributed by atoms with Crippen molar-refractivity contribution in [1.82, 2.24) is 4.90 Å². The first-order chi connectivity index (χ1) is 5.95. The standard InChI is InChI=1S/C8H11NO4/c1-4-3-5(2)9(4)7(11)6(10)8(12)13/h4-5H,3H2,1-2H3,(H,12,13). The van der Waals surface area contributed by atoms with E-state index < -0.39 is 17.7 Å². The minimum atomic E-state index is -1.68. The van der Waals surface area contributed by atoms with Crippen LogP contribution in [0, 0.1) is 0 Å². The SMILES string of the molecule is CC1CC(C)N1C(=O)C(=O)C(=O)O. The third-order valence-corrected chi connectivity index (χ3v) is 2.25. The second-order valence-electron chi connectivity index (χ2n) is 3.28. The lowest BCUT2D eigenvalue weighted by atomic mass is 9.95. The third kappa shape index (κ3) is 1.54. The quantitative estimate of drug-likeness (QED) is 0.471. The van der Waals surface area contributed by atoms with Gasteiger partial charge in [-0.15, -0.1) is 0 Å². The van der Waals surface area contributed by atoms with E-state index in [-0.39, 0.29) is 12.1 Å². The molecule has 1 rings (SSSR count). The lowest BCUT2D eigenvalue weighted by Gasteiger charge is -2.44. The molecule has 72 valence electrons. The molecule has 0 aliphatic carbocycles. The van der Waals surface area contributed by atoms with E-state index >= 15 is 0 Å². The molecule has 0 spiro atoms. The van der Waals surface area contributed by atoms with E-state index in [0.717, 1.165) is 6.42 Å². The number of carboxylic acids is 1. The largest absolute Gasteiger partial charge is 0.475 e. The van der Waals surface area contributed by atoms with Crippen LogP contribution in [0.2, 0.25) is 0 Å². The summed E-state index contributed by atoms with van der Waals surface area (Å²) in [5, 5.41) is 8.30. The van der Waals surface area contributed by atoms with Gasteiger partial charge in [0, 0.05) is 12.1 Å². The summed E-state index contributed by atoms with van der Waals surface area (Å²) >= 11 is 0. The van der Waals surface area contributed by atoms with E-state index in [1.54, 1.807) is 13.8 Å². The summed E-state index contributed by atoms with van der Waals surface area (Å²) in [5.74, 6) is -3.94. The van der Waals surface area contributed by atoms with Gasteiger partial charge in [0.05, 0.1) is 0 Å². The summed E-state index contributed by atoms with van der Waals surface area (Å²) in [6.45, 7) is 3.57. The number of ketones is 1. The number of hydrogen-bond acceptors (Lipinski definition) is 3. The van der Waals surface area contributed by atoms with Crippen molar-refractivity contribution < 1.29 is 19.5 Å². The van der Waals surface area contributed by atoms with Crippen molar-refractivity contribution in [3.63, 3.8) is 0 Å². The Morgan fingerprint density at radius 1 is 1.23 bits per heavy atom. The smallest absolute Gasteiger partial charge is 0.382 e. The van der Waals surface area contributed by atoms with Gasteiger partial charge in [-0.25, -0.2) is 4.79 Å². The van der Waals surface area contributed by atoms with Gasteiger partial charge in [-0.1, -0.05) is 0 Å². The fraction of sp³-hybridized carbons (Fsp3) is 0.625. The molecule has 1 fully saturated rings. The molecule has 0 aromatic rings. The van der Waals surface area contributed by atoms with Crippen molar-refractivity contribution in [2.75, 3.05) is 0 Å². The van der Waals surface area contributed by atoms with Crippen LogP contribution in [0.25, 0.3) is 0 Å². The summed E-state index contributed by atoms with van der Waals surface area (Å²) in [5.41, 5.74) is 0. The van der Waals surface area contributed by atoms with Crippen LogP contribution in [0.15, 0.2) is 0 Å². The second-order valence-corrected chi connectivity index (χ2v) is 3.28. The molecule has 2 unspecified atom stereocenters. The fourth-order valence-electron chi connectivity index (χ4n) is 1.63. The number of nitrogens with zero attached hydrogens (tertiary/aromatic N) is 1. The Balaban J connectivity index is 2.68. The number of rotatable bonds is 2. The Morgan fingerprint density at radius 2 is 1.69 bits per heavy atom. The van der Waals surface area contributed by atoms with Gasteiger partial charge in [0.2, 0.25) is 0 Å². The summed E-state index contributed by atoms with van der Waals surface area (Å²) in [4.78, 5) is 33.5. The molecule has 0 aromatic heterocycles. The summed E-state index contributed by atoms with van der Waals surface area (Å²) in [7, 11) is 0. The summed E-state index contributed by atoms with van der Waals surface area (Å²) in [6.07, 6.45) is 0.818. The number of carbonyl (C=O) groups excluding carboxylic acids is 2. The lowest BCUT2D eigenvalue weighted by Crippen LogP contribution is -2.58. The van der Waals surface area contributed by atoms with Gasteiger partial charge < -0.3 is 10.0 Å². The number of carboxylic acid groups (broad SMARTS) is 1. The molecule has 5 nitrogen and oxygen atoms in total. The van der Waals surface area contributed by atoms with Crippen molar-refractivity contribution in [3.05, 3.63) is 0 Å². The van der Waals surface area contributed by atoms with E-state index in [4.69, 9.17) is 5.11 Å². The highest BCUT2D eigenvalue weighted by Crippen LogP contribution is 2.24. The first-order valence-corrected chi connectivity index (χ1v) is 4.05. The van der Waals surface area contributed by atoms with Gasteiger partial charge in [-0.2, -0.15) is 0 Å². The Kier molecular flexibility index (Phi) is 2.36. The zero-order valence-corrected chi connectivity index (χ0v) is 7.48. The van der Waals surface area contributed by atoms with Crippen LogP contribution < -0.4 is 0 Å². The predicted molar refractivity (Wildman–Crippen MR) is 43.0 cm³/mol. The minimum absolute atomic E-state index is 0.0224. The molecular weight excluding hydrogens is 174 g/mol.